The minimum absolute atomic E-state index is 0.217. The van der Waals surface area contributed by atoms with Gasteiger partial charge in [-0.2, -0.15) is 0 Å². The van der Waals surface area contributed by atoms with E-state index in [1.165, 1.54) is 12.0 Å². The standard InChI is InChI=1S/C18H20Cl2N2O4/c1-3-26-18(24)22(13-4-5-15(19)16(20)9-13)7-6-17(23)12-8-14(25-2)11-21-10-12/h4-5,8-11,17,23H,3,6-7H2,1-2H3. The molecular weight excluding hydrogens is 379 g/mol. The molecule has 1 unspecified atom stereocenters. The number of aliphatic hydroxyl groups is 1. The van der Waals surface area contributed by atoms with Gasteiger partial charge in [0.05, 0.1) is 36.1 Å². The second-order valence-electron chi connectivity index (χ2n) is 5.41. The van der Waals surface area contributed by atoms with Crippen LogP contribution in [0.25, 0.3) is 0 Å². The zero-order valence-corrected chi connectivity index (χ0v) is 16.0. The number of benzene rings is 1. The van der Waals surface area contributed by atoms with Crippen LogP contribution in [0.3, 0.4) is 0 Å². The Labute approximate surface area is 162 Å². The SMILES string of the molecule is CCOC(=O)N(CCC(O)c1cncc(OC)c1)c1ccc(Cl)c(Cl)c1. The Morgan fingerprint density at radius 3 is 2.69 bits per heavy atom. The molecule has 2 aromatic rings. The fraction of sp³-hybridized carbons (Fsp3) is 0.333. The van der Waals surface area contributed by atoms with E-state index in [1.54, 1.807) is 43.6 Å². The van der Waals surface area contributed by atoms with E-state index in [9.17, 15) is 9.90 Å². The summed E-state index contributed by atoms with van der Waals surface area (Å²) in [5.41, 5.74) is 1.14. The smallest absolute Gasteiger partial charge is 0.414 e. The van der Waals surface area contributed by atoms with E-state index >= 15 is 0 Å². The number of amides is 1. The van der Waals surface area contributed by atoms with Crippen LogP contribution in [0.15, 0.2) is 36.7 Å². The van der Waals surface area contributed by atoms with Gasteiger partial charge >= 0.3 is 6.09 Å². The summed E-state index contributed by atoms with van der Waals surface area (Å²) in [6.07, 6.45) is 2.03. The van der Waals surface area contributed by atoms with Crippen LogP contribution in [0.2, 0.25) is 10.0 Å². The minimum Gasteiger partial charge on any atom is -0.495 e. The number of hydrogen-bond acceptors (Lipinski definition) is 5. The maximum absolute atomic E-state index is 12.3. The number of halogens is 2. The highest BCUT2D eigenvalue weighted by atomic mass is 35.5. The van der Waals surface area contributed by atoms with Crippen molar-refractivity contribution in [2.24, 2.45) is 0 Å². The largest absolute Gasteiger partial charge is 0.495 e. The highest BCUT2D eigenvalue weighted by Crippen LogP contribution is 2.29. The minimum atomic E-state index is -0.822. The number of carbonyl (C=O) groups excluding carboxylic acids is 1. The molecule has 0 aliphatic carbocycles. The Hall–Kier alpha value is -2.02. The number of pyridine rings is 1. The number of aliphatic hydroxyl groups excluding tert-OH is 1. The van der Waals surface area contributed by atoms with Gasteiger partial charge in [0.15, 0.2) is 0 Å². The molecule has 0 saturated carbocycles. The van der Waals surface area contributed by atoms with Gasteiger partial charge in [0.2, 0.25) is 0 Å². The summed E-state index contributed by atoms with van der Waals surface area (Å²) in [7, 11) is 1.53. The third-order valence-electron chi connectivity index (χ3n) is 3.68. The first-order chi connectivity index (χ1) is 12.5. The lowest BCUT2D eigenvalue weighted by molar-refractivity contribution is 0.151. The molecule has 0 spiro atoms. The van der Waals surface area contributed by atoms with Crippen molar-refractivity contribution in [3.8, 4) is 5.75 Å². The zero-order chi connectivity index (χ0) is 19.1. The van der Waals surface area contributed by atoms with E-state index < -0.39 is 12.2 Å². The number of aromatic nitrogens is 1. The van der Waals surface area contributed by atoms with E-state index in [1.807, 2.05) is 0 Å². The number of nitrogens with zero attached hydrogens (tertiary/aromatic N) is 2. The summed E-state index contributed by atoms with van der Waals surface area (Å²) < 4.78 is 10.2. The van der Waals surface area contributed by atoms with Gasteiger partial charge in [-0.05, 0) is 37.6 Å². The fourth-order valence-electron chi connectivity index (χ4n) is 2.33. The predicted molar refractivity (Wildman–Crippen MR) is 101 cm³/mol. The Balaban J connectivity index is 2.15. The highest BCUT2D eigenvalue weighted by Gasteiger charge is 2.20. The average Bonchev–Trinajstić information content (AvgIpc) is 2.64. The molecule has 1 heterocycles. The molecular formula is C18H20Cl2N2O4. The van der Waals surface area contributed by atoms with Crippen LogP contribution in [-0.4, -0.2) is 36.4 Å². The maximum Gasteiger partial charge on any atom is 0.414 e. The number of anilines is 1. The molecule has 26 heavy (non-hydrogen) atoms. The third-order valence-corrected chi connectivity index (χ3v) is 4.42. The summed E-state index contributed by atoms with van der Waals surface area (Å²) in [4.78, 5) is 17.7. The van der Waals surface area contributed by atoms with Gasteiger partial charge in [0.25, 0.3) is 0 Å². The molecule has 140 valence electrons. The topological polar surface area (TPSA) is 71.9 Å². The molecule has 0 aliphatic heterocycles. The van der Waals surface area contributed by atoms with Crippen LogP contribution in [0.4, 0.5) is 10.5 Å². The monoisotopic (exact) mass is 398 g/mol. The fourth-order valence-corrected chi connectivity index (χ4v) is 2.62. The normalized spacial score (nSPS) is 11.7. The molecule has 0 aliphatic rings. The van der Waals surface area contributed by atoms with Crippen LogP contribution < -0.4 is 9.64 Å². The molecule has 2 rings (SSSR count). The Morgan fingerprint density at radius 1 is 1.27 bits per heavy atom. The highest BCUT2D eigenvalue weighted by molar-refractivity contribution is 6.42. The van der Waals surface area contributed by atoms with Gasteiger partial charge in [-0.25, -0.2) is 4.79 Å². The van der Waals surface area contributed by atoms with Crippen LogP contribution in [0, 0.1) is 0 Å². The summed E-state index contributed by atoms with van der Waals surface area (Å²) in [6, 6.07) is 6.56. The van der Waals surface area contributed by atoms with Gasteiger partial charge in [0, 0.05) is 24.0 Å². The van der Waals surface area contributed by atoms with Crippen molar-refractivity contribution >= 4 is 35.0 Å². The molecule has 1 aromatic carbocycles. The lowest BCUT2D eigenvalue weighted by atomic mass is 10.1. The Morgan fingerprint density at radius 2 is 2.04 bits per heavy atom. The first-order valence-electron chi connectivity index (χ1n) is 8.02. The van der Waals surface area contributed by atoms with Crippen LogP contribution in [0.1, 0.15) is 25.0 Å². The molecule has 8 heteroatoms. The van der Waals surface area contributed by atoms with Gasteiger partial charge in [-0.3, -0.25) is 9.88 Å². The van der Waals surface area contributed by atoms with Crippen molar-refractivity contribution in [2.45, 2.75) is 19.4 Å². The first-order valence-corrected chi connectivity index (χ1v) is 8.78. The molecule has 6 nitrogen and oxygen atoms in total. The van der Waals surface area contributed by atoms with Crippen LogP contribution in [-0.2, 0) is 4.74 Å². The summed E-state index contributed by atoms with van der Waals surface area (Å²) in [5.74, 6) is 0.549. The Bertz CT molecular complexity index is 758. The molecule has 1 aromatic heterocycles. The van der Waals surface area contributed by atoms with Crippen LogP contribution >= 0.6 is 23.2 Å². The summed E-state index contributed by atoms with van der Waals surface area (Å²) in [5, 5.41) is 11.1. The third kappa shape index (κ3) is 5.24. The molecule has 0 saturated heterocycles. The number of rotatable bonds is 7. The molecule has 1 atom stereocenters. The van der Waals surface area contributed by atoms with Gasteiger partial charge in [-0.15, -0.1) is 0 Å². The van der Waals surface area contributed by atoms with E-state index in [2.05, 4.69) is 4.98 Å². The number of carbonyl (C=O) groups is 1. The molecule has 0 radical (unpaired) electrons. The average molecular weight is 399 g/mol. The van der Waals surface area contributed by atoms with Gasteiger partial charge in [0.1, 0.15) is 5.75 Å². The second kappa shape index (κ2) is 9.62. The molecule has 1 N–H and O–H groups in total. The van der Waals surface area contributed by atoms with E-state index in [0.29, 0.717) is 27.0 Å². The summed E-state index contributed by atoms with van der Waals surface area (Å²) >= 11 is 12.0. The number of methoxy groups -OCH3 is 1. The number of hydrogen-bond donors (Lipinski definition) is 1. The lowest BCUT2D eigenvalue weighted by Crippen LogP contribution is -2.33. The second-order valence-corrected chi connectivity index (χ2v) is 6.23. The quantitative estimate of drug-likeness (QED) is 0.743. The molecule has 1 amide bonds. The Kier molecular flexibility index (Phi) is 7.50. The first kappa shape index (κ1) is 20.3. The van der Waals surface area contributed by atoms with E-state index in [0.717, 1.165) is 0 Å². The van der Waals surface area contributed by atoms with E-state index in [4.69, 9.17) is 32.7 Å². The van der Waals surface area contributed by atoms with Crippen molar-refractivity contribution in [2.75, 3.05) is 25.2 Å². The number of ether oxygens (including phenoxy) is 2. The summed E-state index contributed by atoms with van der Waals surface area (Å²) in [6.45, 7) is 2.18. The van der Waals surface area contributed by atoms with Crippen LogP contribution in [0.5, 0.6) is 5.75 Å². The lowest BCUT2D eigenvalue weighted by Gasteiger charge is -2.23. The molecule has 0 fully saturated rings. The predicted octanol–water partition coefficient (Wildman–Crippen LogP) is 4.48. The zero-order valence-electron chi connectivity index (χ0n) is 14.5. The molecule has 0 bridgehead atoms. The van der Waals surface area contributed by atoms with Crippen molar-refractivity contribution in [1.29, 1.82) is 0 Å². The van der Waals surface area contributed by atoms with Gasteiger partial charge in [-0.1, -0.05) is 23.2 Å². The van der Waals surface area contributed by atoms with Crippen molar-refractivity contribution in [1.82, 2.24) is 4.98 Å². The maximum atomic E-state index is 12.3. The van der Waals surface area contributed by atoms with Crippen molar-refractivity contribution in [3.63, 3.8) is 0 Å². The van der Waals surface area contributed by atoms with Crippen molar-refractivity contribution < 1.29 is 19.4 Å². The van der Waals surface area contributed by atoms with Crippen molar-refractivity contribution in [3.05, 3.63) is 52.3 Å². The van der Waals surface area contributed by atoms with E-state index in [-0.39, 0.29) is 19.6 Å². The van der Waals surface area contributed by atoms with Gasteiger partial charge < -0.3 is 14.6 Å².